The Morgan fingerprint density at radius 2 is 1.81 bits per heavy atom. The molecule has 0 bridgehead atoms. The van der Waals surface area contributed by atoms with Gasteiger partial charge in [0.2, 0.25) is 5.91 Å². The maximum atomic E-state index is 11.6. The standard InChI is InChI=1S/C13H25N3O5/c1-9(2)7-10(12(18)21-4)15-8-11(17)16-13(19)14-5-6-20-3/h9-10,15H,5-8H2,1-4H3,(H2,14,16,17,19). The molecule has 0 fully saturated rings. The third-order valence-corrected chi connectivity index (χ3v) is 2.55. The Labute approximate surface area is 124 Å². The Morgan fingerprint density at radius 1 is 1.14 bits per heavy atom. The fourth-order valence-corrected chi connectivity index (χ4v) is 1.57. The molecular formula is C13H25N3O5. The van der Waals surface area contributed by atoms with Gasteiger partial charge in [0.1, 0.15) is 6.04 Å². The SMILES string of the molecule is COCCNC(=O)NC(=O)CNC(CC(C)C)C(=O)OC. The lowest BCUT2D eigenvalue weighted by Gasteiger charge is -2.17. The molecule has 0 saturated heterocycles. The van der Waals surface area contributed by atoms with Crippen molar-refractivity contribution in [2.24, 2.45) is 5.92 Å². The molecule has 8 heteroatoms. The normalized spacial score (nSPS) is 11.9. The van der Waals surface area contributed by atoms with Crippen molar-refractivity contribution >= 4 is 17.9 Å². The fraction of sp³-hybridized carbons (Fsp3) is 0.769. The quantitative estimate of drug-likeness (QED) is 0.397. The largest absolute Gasteiger partial charge is 0.468 e. The summed E-state index contributed by atoms with van der Waals surface area (Å²) in [4.78, 5) is 34.4. The molecule has 0 saturated carbocycles. The molecular weight excluding hydrogens is 278 g/mol. The number of ether oxygens (including phenoxy) is 2. The average Bonchev–Trinajstić information content (AvgIpc) is 2.42. The summed E-state index contributed by atoms with van der Waals surface area (Å²) in [6, 6.07) is -1.17. The molecule has 0 aromatic carbocycles. The number of urea groups is 1. The first-order valence-corrected chi connectivity index (χ1v) is 6.78. The molecule has 21 heavy (non-hydrogen) atoms. The third kappa shape index (κ3) is 9.80. The van der Waals surface area contributed by atoms with Gasteiger partial charge in [0.05, 0.1) is 20.3 Å². The van der Waals surface area contributed by atoms with Crippen molar-refractivity contribution in [3.8, 4) is 0 Å². The maximum absolute atomic E-state index is 11.6. The maximum Gasteiger partial charge on any atom is 0.322 e. The Morgan fingerprint density at radius 3 is 2.33 bits per heavy atom. The van der Waals surface area contributed by atoms with Crippen LogP contribution in [0.1, 0.15) is 20.3 Å². The van der Waals surface area contributed by atoms with Crippen LogP contribution in [-0.4, -0.2) is 57.9 Å². The summed E-state index contributed by atoms with van der Waals surface area (Å²) in [6.45, 7) is 4.44. The van der Waals surface area contributed by atoms with E-state index < -0.39 is 23.9 Å². The van der Waals surface area contributed by atoms with Crippen LogP contribution in [0, 0.1) is 5.92 Å². The molecule has 0 aromatic heterocycles. The van der Waals surface area contributed by atoms with Crippen LogP contribution in [0.3, 0.4) is 0 Å². The summed E-state index contributed by atoms with van der Waals surface area (Å²) >= 11 is 0. The van der Waals surface area contributed by atoms with Crippen LogP contribution in [0.5, 0.6) is 0 Å². The van der Waals surface area contributed by atoms with E-state index in [-0.39, 0.29) is 12.5 Å². The molecule has 0 aliphatic carbocycles. The number of imide groups is 1. The Bertz CT molecular complexity index is 347. The van der Waals surface area contributed by atoms with Gasteiger partial charge in [0, 0.05) is 13.7 Å². The van der Waals surface area contributed by atoms with E-state index >= 15 is 0 Å². The lowest BCUT2D eigenvalue weighted by Crippen LogP contribution is -2.48. The Kier molecular flexibility index (Phi) is 10.2. The molecule has 1 unspecified atom stereocenters. The van der Waals surface area contributed by atoms with E-state index in [1.807, 2.05) is 13.8 Å². The second-order valence-corrected chi connectivity index (χ2v) is 4.88. The Balaban J connectivity index is 4.12. The van der Waals surface area contributed by atoms with Gasteiger partial charge < -0.3 is 14.8 Å². The molecule has 0 heterocycles. The van der Waals surface area contributed by atoms with Gasteiger partial charge in [-0.15, -0.1) is 0 Å². The first-order chi connectivity index (χ1) is 9.90. The van der Waals surface area contributed by atoms with E-state index in [0.717, 1.165) is 0 Å². The van der Waals surface area contributed by atoms with E-state index in [4.69, 9.17) is 4.74 Å². The van der Waals surface area contributed by atoms with Gasteiger partial charge in [0.15, 0.2) is 0 Å². The highest BCUT2D eigenvalue weighted by Gasteiger charge is 2.21. The first-order valence-electron chi connectivity index (χ1n) is 6.78. The molecule has 0 radical (unpaired) electrons. The monoisotopic (exact) mass is 303 g/mol. The fourth-order valence-electron chi connectivity index (χ4n) is 1.57. The molecule has 8 nitrogen and oxygen atoms in total. The van der Waals surface area contributed by atoms with Crippen molar-refractivity contribution in [1.29, 1.82) is 0 Å². The number of carbonyl (C=O) groups is 3. The minimum atomic E-state index is -0.600. The second-order valence-electron chi connectivity index (χ2n) is 4.88. The van der Waals surface area contributed by atoms with E-state index in [0.29, 0.717) is 19.6 Å². The summed E-state index contributed by atoms with van der Waals surface area (Å²) in [5, 5.41) is 7.38. The minimum Gasteiger partial charge on any atom is -0.468 e. The van der Waals surface area contributed by atoms with Crippen LogP contribution in [0.15, 0.2) is 0 Å². The number of esters is 1. The van der Waals surface area contributed by atoms with Crippen molar-refractivity contribution in [3.63, 3.8) is 0 Å². The van der Waals surface area contributed by atoms with Crippen molar-refractivity contribution < 1.29 is 23.9 Å². The molecule has 0 aliphatic heterocycles. The molecule has 1 atom stereocenters. The molecule has 3 amide bonds. The van der Waals surface area contributed by atoms with Gasteiger partial charge in [-0.05, 0) is 12.3 Å². The van der Waals surface area contributed by atoms with Gasteiger partial charge in [-0.1, -0.05) is 13.8 Å². The topological polar surface area (TPSA) is 106 Å². The summed E-state index contributed by atoms with van der Waals surface area (Å²) in [5.74, 6) is -0.689. The van der Waals surface area contributed by atoms with E-state index in [1.165, 1.54) is 14.2 Å². The molecule has 3 N–H and O–H groups in total. The van der Waals surface area contributed by atoms with Crippen LogP contribution in [0.25, 0.3) is 0 Å². The van der Waals surface area contributed by atoms with Gasteiger partial charge in [0.25, 0.3) is 0 Å². The molecule has 0 aromatic rings. The van der Waals surface area contributed by atoms with Gasteiger partial charge >= 0.3 is 12.0 Å². The molecule has 0 aliphatic rings. The highest BCUT2D eigenvalue weighted by molar-refractivity contribution is 5.95. The zero-order valence-electron chi connectivity index (χ0n) is 13.0. The highest BCUT2D eigenvalue weighted by Crippen LogP contribution is 2.05. The zero-order chi connectivity index (χ0) is 16.3. The summed E-state index contributed by atoms with van der Waals surface area (Å²) in [6.07, 6.45) is 0.542. The number of rotatable bonds is 9. The van der Waals surface area contributed by atoms with Crippen LogP contribution >= 0.6 is 0 Å². The number of carbonyl (C=O) groups excluding carboxylic acids is 3. The molecule has 0 rings (SSSR count). The van der Waals surface area contributed by atoms with Gasteiger partial charge in [-0.25, -0.2) is 4.79 Å². The number of nitrogens with one attached hydrogen (secondary N) is 3. The number of amides is 3. The van der Waals surface area contributed by atoms with Gasteiger partial charge in [-0.2, -0.15) is 0 Å². The number of hydrogen-bond donors (Lipinski definition) is 3. The number of methoxy groups -OCH3 is 2. The highest BCUT2D eigenvalue weighted by atomic mass is 16.5. The van der Waals surface area contributed by atoms with E-state index in [2.05, 4.69) is 20.7 Å². The van der Waals surface area contributed by atoms with Crippen molar-refractivity contribution in [2.75, 3.05) is 33.9 Å². The summed E-state index contributed by atoms with van der Waals surface area (Å²) in [7, 11) is 2.80. The van der Waals surface area contributed by atoms with Crippen LogP contribution in [0.4, 0.5) is 4.79 Å². The minimum absolute atomic E-state index is 0.149. The van der Waals surface area contributed by atoms with Crippen molar-refractivity contribution in [1.82, 2.24) is 16.0 Å². The summed E-state index contributed by atoms with van der Waals surface area (Å²) < 4.78 is 9.43. The molecule has 0 spiro atoms. The van der Waals surface area contributed by atoms with E-state index in [9.17, 15) is 14.4 Å². The lowest BCUT2D eigenvalue weighted by atomic mass is 10.0. The third-order valence-electron chi connectivity index (χ3n) is 2.55. The van der Waals surface area contributed by atoms with Crippen LogP contribution in [0.2, 0.25) is 0 Å². The lowest BCUT2D eigenvalue weighted by molar-refractivity contribution is -0.143. The zero-order valence-corrected chi connectivity index (χ0v) is 13.0. The average molecular weight is 303 g/mol. The first kappa shape index (κ1) is 19.3. The number of hydrogen-bond acceptors (Lipinski definition) is 6. The predicted molar refractivity (Wildman–Crippen MR) is 76.7 cm³/mol. The van der Waals surface area contributed by atoms with Crippen molar-refractivity contribution in [2.45, 2.75) is 26.3 Å². The van der Waals surface area contributed by atoms with Gasteiger partial charge in [-0.3, -0.25) is 20.2 Å². The summed E-state index contributed by atoms with van der Waals surface area (Å²) in [5.41, 5.74) is 0. The Hall–Kier alpha value is -1.67. The molecule has 122 valence electrons. The smallest absolute Gasteiger partial charge is 0.322 e. The van der Waals surface area contributed by atoms with Crippen LogP contribution in [-0.2, 0) is 19.1 Å². The van der Waals surface area contributed by atoms with E-state index in [1.54, 1.807) is 0 Å². The van der Waals surface area contributed by atoms with Crippen molar-refractivity contribution in [3.05, 3.63) is 0 Å². The second kappa shape index (κ2) is 11.0. The predicted octanol–water partition coefficient (Wildman–Crippen LogP) is -0.364. The van der Waals surface area contributed by atoms with Crippen LogP contribution < -0.4 is 16.0 Å².